The van der Waals surface area contributed by atoms with Gasteiger partial charge in [0, 0.05) is 21.5 Å². The molecule has 0 saturated heterocycles. The second-order valence-electron chi connectivity index (χ2n) is 15.2. The Morgan fingerprint density at radius 2 is 1.49 bits per heavy atom. The van der Waals surface area contributed by atoms with Crippen LogP contribution in [0.5, 0.6) is 0 Å². The minimum absolute atomic E-state index is 0.0959. The number of aryl methyl sites for hydroxylation is 1. The number of fused-ring (bicyclic) bond motifs is 1. The molecule has 7 nitrogen and oxygen atoms in total. The number of benzene rings is 5. The van der Waals surface area contributed by atoms with E-state index in [0.29, 0.717) is 17.3 Å². The predicted octanol–water partition coefficient (Wildman–Crippen LogP) is 11.6. The molecule has 0 aliphatic carbocycles. The molecule has 1 N–H and O–H groups in total. The lowest BCUT2D eigenvalue weighted by atomic mass is 9.69. The molecule has 0 saturated carbocycles. The van der Waals surface area contributed by atoms with E-state index in [1.165, 1.54) is 22.8 Å². The van der Waals surface area contributed by atoms with Crippen molar-refractivity contribution < 1.29 is 31.0 Å². The van der Waals surface area contributed by atoms with E-state index in [2.05, 4.69) is 81.3 Å². The van der Waals surface area contributed by atoms with Gasteiger partial charge in [0.1, 0.15) is 10.1 Å². The van der Waals surface area contributed by atoms with Gasteiger partial charge in [-0.3, -0.25) is 0 Å². The molecule has 0 aromatic heterocycles. The molecule has 0 bridgehead atoms. The van der Waals surface area contributed by atoms with Gasteiger partial charge in [-0.2, -0.15) is 4.58 Å². The molecule has 5 aromatic carbocycles. The van der Waals surface area contributed by atoms with E-state index in [-0.39, 0.29) is 27.5 Å². The fourth-order valence-electron chi connectivity index (χ4n) is 7.21. The van der Waals surface area contributed by atoms with Crippen molar-refractivity contribution in [2.24, 2.45) is 11.3 Å². The van der Waals surface area contributed by atoms with Gasteiger partial charge in [0.25, 0.3) is 0 Å². The number of ether oxygens (including phenoxy) is 1. The third-order valence-electron chi connectivity index (χ3n) is 10.1. The molecule has 0 fully saturated rings. The number of nitrogens with zero attached hydrogens (tertiary/aromatic N) is 1. The van der Waals surface area contributed by atoms with Gasteiger partial charge in [-0.25, -0.2) is 12.6 Å². The summed E-state index contributed by atoms with van der Waals surface area (Å²) in [6.45, 7) is 17.1. The minimum Gasteiger partial charge on any atom is -0.744 e. The van der Waals surface area contributed by atoms with Crippen molar-refractivity contribution in [3.63, 3.8) is 0 Å². The van der Waals surface area contributed by atoms with Crippen LogP contribution in [0.3, 0.4) is 0 Å². The molecular formula is C46H53Cl2NO6S2. The summed E-state index contributed by atoms with van der Waals surface area (Å²) in [5.74, 6) is 1.87. The molecule has 1 unspecified atom stereocenters. The second kappa shape index (κ2) is 20.7. The van der Waals surface area contributed by atoms with Gasteiger partial charge in [-0.1, -0.05) is 140 Å². The third kappa shape index (κ3) is 12.3. The summed E-state index contributed by atoms with van der Waals surface area (Å²) >= 11 is 11.0. The van der Waals surface area contributed by atoms with Crippen molar-refractivity contribution in [1.29, 1.82) is 0 Å². The van der Waals surface area contributed by atoms with Crippen molar-refractivity contribution >= 4 is 61.1 Å². The Morgan fingerprint density at radius 1 is 0.895 bits per heavy atom. The summed E-state index contributed by atoms with van der Waals surface area (Å²) in [7, 11) is -4.38. The SMILES string of the molecule is C=CC[C@@]1(C)C[C@H](c2cccc(Cl)c2)[C@@H](c2ccc(Cl)cc2)[N+]2=C1OC[C@@H]2C(C)C.CC(C)S(=O)O.Cc1ccccc1.O=S(=O)([O-])c1cccc2ccccc12. The summed E-state index contributed by atoms with van der Waals surface area (Å²) < 4.78 is 59.6. The zero-order chi connectivity index (χ0) is 41.9. The Labute approximate surface area is 351 Å². The number of halogens is 2. The highest BCUT2D eigenvalue weighted by atomic mass is 35.5. The first kappa shape index (κ1) is 45.9. The van der Waals surface area contributed by atoms with E-state index in [0.717, 1.165) is 40.8 Å². The molecular weight excluding hydrogens is 798 g/mol. The number of hydrogen-bond acceptors (Lipinski definition) is 5. The van der Waals surface area contributed by atoms with Crippen LogP contribution in [0.15, 0.2) is 139 Å². The maximum Gasteiger partial charge on any atom is 0.343 e. The standard InChI is InChI=1S/C26H30Cl2NO.C10H8O3S.C7H8.C3H8O2S/c1-5-13-26(4)15-22(19-7-6-8-21(28)14-19)24(18-9-11-20(27)12-10-18)29-23(17(2)3)16-30-25(26)29;11-14(12,13)10-7-3-5-8-4-1-2-6-9(8)10;1-7-5-3-2-4-6-7;1-3(2)6(4)5/h5-12,14,17,22-24H,1,13,15-16H2,2-4H3;1-7H,(H,11,12,13);2-6H,1H3;3H,1-2H3,(H,4,5)/q+1;;;/p-1/t22-,23-,24-,26+;;;/m1.../s1. The Hall–Kier alpha value is -3.83. The van der Waals surface area contributed by atoms with E-state index in [9.17, 15) is 17.2 Å². The fourth-order valence-corrected chi connectivity index (χ4v) is 8.23. The van der Waals surface area contributed by atoms with Gasteiger partial charge in [0.05, 0.1) is 21.5 Å². The summed E-state index contributed by atoms with van der Waals surface area (Å²) in [5.41, 5.74) is 3.76. The van der Waals surface area contributed by atoms with Gasteiger partial charge in [-0.15, -0.1) is 6.58 Å². The van der Waals surface area contributed by atoms with Gasteiger partial charge >= 0.3 is 5.90 Å². The second-order valence-corrected chi connectivity index (χ2v) is 18.9. The molecule has 2 heterocycles. The molecule has 0 radical (unpaired) electrons. The Kier molecular flexibility index (Phi) is 16.7. The highest BCUT2D eigenvalue weighted by molar-refractivity contribution is 7.86. The van der Waals surface area contributed by atoms with Crippen LogP contribution in [0.1, 0.15) is 76.1 Å². The molecule has 5 aromatic rings. The topological polar surface area (TPSA) is 107 Å². The lowest BCUT2D eigenvalue weighted by Gasteiger charge is -2.39. The highest BCUT2D eigenvalue weighted by Gasteiger charge is 2.57. The fraction of sp³-hybridized carbons (Fsp3) is 0.326. The first-order valence-electron chi connectivity index (χ1n) is 18.9. The van der Waals surface area contributed by atoms with E-state index in [1.54, 1.807) is 50.2 Å². The molecule has 0 amide bonds. The van der Waals surface area contributed by atoms with Crippen LogP contribution in [0.4, 0.5) is 0 Å². The third-order valence-corrected chi connectivity index (χ3v) is 12.3. The summed E-state index contributed by atoms with van der Waals surface area (Å²) in [5, 5.41) is 2.65. The lowest BCUT2D eigenvalue weighted by Crippen LogP contribution is -2.46. The Morgan fingerprint density at radius 3 is 2.04 bits per heavy atom. The first-order chi connectivity index (χ1) is 27.0. The van der Waals surface area contributed by atoms with Crippen LogP contribution in [-0.4, -0.2) is 50.1 Å². The molecule has 0 spiro atoms. The molecule has 2 aliphatic rings. The van der Waals surface area contributed by atoms with Crippen LogP contribution in [0.25, 0.3) is 10.8 Å². The van der Waals surface area contributed by atoms with Gasteiger partial charge < -0.3 is 13.8 Å². The quantitative estimate of drug-likeness (QED) is 0.0756. The van der Waals surface area contributed by atoms with Crippen LogP contribution in [0.2, 0.25) is 10.0 Å². The molecule has 2 aliphatic heterocycles. The lowest BCUT2D eigenvalue weighted by molar-refractivity contribution is -0.616. The number of hydrogen-bond donors (Lipinski definition) is 1. The summed E-state index contributed by atoms with van der Waals surface area (Å²) in [6.07, 6.45) is 3.88. The van der Waals surface area contributed by atoms with Gasteiger partial charge in [0.2, 0.25) is 0 Å². The van der Waals surface area contributed by atoms with E-state index >= 15 is 0 Å². The van der Waals surface area contributed by atoms with E-state index in [1.807, 2.05) is 42.5 Å². The molecule has 5 atom stereocenters. The Balaban J connectivity index is 0.000000217. The normalized spacial score (nSPS) is 20.5. The van der Waals surface area contributed by atoms with Crippen molar-refractivity contribution in [1.82, 2.24) is 0 Å². The van der Waals surface area contributed by atoms with Crippen molar-refractivity contribution in [3.05, 3.63) is 161 Å². The predicted molar refractivity (Wildman–Crippen MR) is 235 cm³/mol. The van der Waals surface area contributed by atoms with Crippen molar-refractivity contribution in [2.75, 3.05) is 6.61 Å². The van der Waals surface area contributed by atoms with Gasteiger partial charge in [0.15, 0.2) is 29.8 Å². The maximum absolute atomic E-state index is 10.9. The molecule has 11 heteroatoms. The van der Waals surface area contributed by atoms with E-state index in [4.69, 9.17) is 32.5 Å². The van der Waals surface area contributed by atoms with Crippen LogP contribution in [-0.2, 0) is 25.9 Å². The average molecular weight is 851 g/mol. The van der Waals surface area contributed by atoms with Crippen molar-refractivity contribution in [3.8, 4) is 0 Å². The minimum atomic E-state index is -4.38. The molecule has 7 rings (SSSR count). The first-order valence-corrected chi connectivity index (χ1v) is 22.3. The zero-order valence-corrected chi connectivity index (χ0v) is 36.5. The highest BCUT2D eigenvalue weighted by Crippen LogP contribution is 2.51. The van der Waals surface area contributed by atoms with Crippen LogP contribution < -0.4 is 0 Å². The van der Waals surface area contributed by atoms with Crippen molar-refractivity contribution in [2.45, 2.75) is 82.5 Å². The molecule has 304 valence electrons. The summed E-state index contributed by atoms with van der Waals surface area (Å²) in [4.78, 5) is -0.157. The number of rotatable bonds is 7. The smallest absolute Gasteiger partial charge is 0.343 e. The monoisotopic (exact) mass is 849 g/mol. The largest absolute Gasteiger partial charge is 0.744 e. The summed E-state index contributed by atoms with van der Waals surface area (Å²) in [6, 6.07) is 38.9. The zero-order valence-electron chi connectivity index (χ0n) is 33.3. The van der Waals surface area contributed by atoms with Crippen LogP contribution >= 0.6 is 23.2 Å². The molecule has 57 heavy (non-hydrogen) atoms. The van der Waals surface area contributed by atoms with Crippen LogP contribution in [0, 0.1) is 18.3 Å². The van der Waals surface area contributed by atoms with Gasteiger partial charge in [-0.05, 0) is 87.2 Å². The maximum atomic E-state index is 10.9. The Bertz CT molecular complexity index is 2260. The number of allylic oxidation sites excluding steroid dienone is 1. The average Bonchev–Trinajstić information content (AvgIpc) is 3.63. The van der Waals surface area contributed by atoms with E-state index < -0.39 is 21.2 Å².